The summed E-state index contributed by atoms with van der Waals surface area (Å²) in [6.45, 7) is 4.03. The Kier molecular flexibility index (Phi) is 16.4. The number of halogens is 1. The zero-order valence-electron chi connectivity index (χ0n) is 17.9. The number of ether oxygens (including phenoxy) is 2. The van der Waals surface area contributed by atoms with E-state index in [-0.39, 0.29) is 45.8 Å². The number of hydrogen-bond acceptors (Lipinski definition) is 9. The number of fused-ring (bicyclic) bond motifs is 1. The van der Waals surface area contributed by atoms with Gasteiger partial charge in [-0.05, 0) is 13.8 Å². The number of nitriles is 1. The maximum Gasteiger partial charge on any atom is 0.457 e. The second-order valence-corrected chi connectivity index (χ2v) is 7.19. The summed E-state index contributed by atoms with van der Waals surface area (Å²) < 4.78 is 34.4. The molecule has 0 aromatic carbocycles. The summed E-state index contributed by atoms with van der Waals surface area (Å²) in [5.74, 6) is 1.96. The van der Waals surface area contributed by atoms with Crippen LogP contribution in [0.25, 0.3) is 11.2 Å². The quantitative estimate of drug-likeness (QED) is 0.293. The summed E-state index contributed by atoms with van der Waals surface area (Å²) >= 11 is 0. The van der Waals surface area contributed by atoms with Crippen LogP contribution >= 0.6 is 8.00 Å². The largest absolute Gasteiger partial charge is 0.457 e. The number of nitrogens with zero attached hydrogens (tertiary/aromatic N) is 5. The molecule has 0 fully saturated rings. The van der Waals surface area contributed by atoms with E-state index in [1.807, 2.05) is 6.07 Å². The Morgan fingerprint density at radius 1 is 1.32 bits per heavy atom. The smallest absolute Gasteiger partial charge is 0.388 e. The average molecular weight is 637 g/mol. The molecule has 0 aliphatic heterocycles. The number of methoxy groups -OCH3 is 2. The van der Waals surface area contributed by atoms with Crippen LogP contribution < -0.4 is 0 Å². The first-order valence-electron chi connectivity index (χ1n) is 9.19. The number of aliphatic hydroxyl groups is 1. The fourth-order valence-corrected chi connectivity index (χ4v) is 2.96. The van der Waals surface area contributed by atoms with E-state index in [0.717, 1.165) is 0 Å². The molecule has 0 aliphatic carbocycles. The Labute approximate surface area is 195 Å². The van der Waals surface area contributed by atoms with E-state index >= 15 is 0 Å². The molecule has 2 aromatic heterocycles. The van der Waals surface area contributed by atoms with Crippen LogP contribution in [-0.2, 0) is 51.8 Å². The van der Waals surface area contributed by atoms with E-state index in [1.165, 1.54) is 33.5 Å². The van der Waals surface area contributed by atoms with E-state index in [4.69, 9.17) is 19.0 Å². The molecule has 1 N–H and O–H groups in total. The molecule has 175 valence electrons. The molecular formula is C18H28FIrN5O5P+. The first-order valence-corrected chi connectivity index (χ1v) is 10.4. The summed E-state index contributed by atoms with van der Waals surface area (Å²) in [7, 11) is 1.67. The summed E-state index contributed by atoms with van der Waals surface area (Å²) in [4.78, 5) is 12.3. The van der Waals surface area contributed by atoms with Gasteiger partial charge in [0.1, 0.15) is 43.7 Å². The Morgan fingerprint density at radius 3 is 2.58 bits per heavy atom. The van der Waals surface area contributed by atoms with Gasteiger partial charge in [-0.2, -0.15) is 5.26 Å². The van der Waals surface area contributed by atoms with Crippen LogP contribution in [0, 0.1) is 11.3 Å². The van der Waals surface area contributed by atoms with E-state index in [1.54, 1.807) is 17.7 Å². The van der Waals surface area contributed by atoms with Crippen molar-refractivity contribution in [1.82, 2.24) is 19.5 Å². The average Bonchev–Trinajstić information content (AvgIpc) is 3.11. The SMILES string of the molecule is COC(C)C(C)F.COC=[P+](OCCC#N)OCCn1c(CO)nc2cncnc21.[Ir]. The number of hydrogen-bond donors (Lipinski definition) is 1. The van der Waals surface area contributed by atoms with E-state index in [2.05, 4.69) is 19.7 Å². The minimum Gasteiger partial charge on any atom is -0.388 e. The van der Waals surface area contributed by atoms with Gasteiger partial charge in [0.15, 0.2) is 5.65 Å². The molecule has 3 unspecified atom stereocenters. The molecule has 2 heterocycles. The van der Waals surface area contributed by atoms with Crippen LogP contribution in [-0.4, -0.2) is 70.3 Å². The van der Waals surface area contributed by atoms with Gasteiger partial charge in [0, 0.05) is 34.3 Å². The third kappa shape index (κ3) is 10.6. The summed E-state index contributed by atoms with van der Waals surface area (Å²) in [5.41, 5.74) is 1.26. The van der Waals surface area contributed by atoms with Crippen LogP contribution in [0.15, 0.2) is 12.5 Å². The first kappa shape index (κ1) is 29.6. The van der Waals surface area contributed by atoms with Crippen LogP contribution in [0.3, 0.4) is 0 Å². The second kappa shape index (κ2) is 17.2. The van der Waals surface area contributed by atoms with Crippen LogP contribution in [0.2, 0.25) is 0 Å². The molecule has 1 radical (unpaired) electrons. The van der Waals surface area contributed by atoms with Crippen molar-refractivity contribution in [3.05, 3.63) is 18.3 Å². The molecule has 13 heteroatoms. The van der Waals surface area contributed by atoms with Crippen molar-refractivity contribution in [3.63, 3.8) is 0 Å². The van der Waals surface area contributed by atoms with Gasteiger partial charge >= 0.3 is 8.00 Å². The predicted octanol–water partition coefficient (Wildman–Crippen LogP) is 2.36. The molecular weight excluding hydrogens is 608 g/mol. The van der Waals surface area contributed by atoms with Crippen molar-refractivity contribution < 1.29 is 48.1 Å². The monoisotopic (exact) mass is 637 g/mol. The second-order valence-electron chi connectivity index (χ2n) is 5.89. The summed E-state index contributed by atoms with van der Waals surface area (Å²) in [5, 5.41) is 17.9. The molecule has 2 rings (SSSR count). The Balaban J connectivity index is 0.000000975. The topological polar surface area (TPSA) is 125 Å². The Bertz CT molecular complexity index is 833. The number of alkyl halides is 1. The molecule has 31 heavy (non-hydrogen) atoms. The maximum atomic E-state index is 12.0. The third-order valence-electron chi connectivity index (χ3n) is 3.81. The third-order valence-corrected chi connectivity index (χ3v) is 5.06. The number of aromatic nitrogens is 4. The normalized spacial score (nSPS) is 13.0. The summed E-state index contributed by atoms with van der Waals surface area (Å²) in [6.07, 6.45) is 2.19. The first-order chi connectivity index (χ1) is 14.5. The minimum atomic E-state index is -1.34. The van der Waals surface area contributed by atoms with Crippen molar-refractivity contribution in [1.29, 1.82) is 5.26 Å². The zero-order chi connectivity index (χ0) is 22.4. The number of imidazole rings is 1. The van der Waals surface area contributed by atoms with E-state index < -0.39 is 14.2 Å². The summed E-state index contributed by atoms with van der Waals surface area (Å²) in [6, 6.07) is 2.00. The van der Waals surface area contributed by atoms with E-state index in [9.17, 15) is 9.50 Å². The molecule has 0 saturated heterocycles. The van der Waals surface area contributed by atoms with Gasteiger partial charge < -0.3 is 19.1 Å². The van der Waals surface area contributed by atoms with Gasteiger partial charge in [0.05, 0.1) is 31.3 Å². The van der Waals surface area contributed by atoms with Crippen molar-refractivity contribution in [2.75, 3.05) is 27.4 Å². The molecule has 0 spiro atoms. The van der Waals surface area contributed by atoms with Gasteiger partial charge in [0.25, 0.3) is 5.98 Å². The van der Waals surface area contributed by atoms with Crippen LogP contribution in [0.4, 0.5) is 4.39 Å². The van der Waals surface area contributed by atoms with Gasteiger partial charge in [-0.3, -0.25) is 0 Å². The molecule has 0 aliphatic rings. The van der Waals surface area contributed by atoms with E-state index in [0.29, 0.717) is 30.1 Å². The van der Waals surface area contributed by atoms with Crippen molar-refractivity contribution in [2.45, 2.75) is 45.7 Å². The van der Waals surface area contributed by atoms with Crippen LogP contribution in [0.1, 0.15) is 26.1 Å². The van der Waals surface area contributed by atoms with Gasteiger partial charge in [0.2, 0.25) is 0 Å². The molecule has 0 amide bonds. The number of rotatable bonds is 11. The molecule has 0 bridgehead atoms. The van der Waals surface area contributed by atoms with Crippen molar-refractivity contribution in [3.8, 4) is 6.07 Å². The fourth-order valence-electron chi connectivity index (χ4n) is 2.06. The van der Waals surface area contributed by atoms with Gasteiger partial charge in [-0.1, -0.05) is 0 Å². The maximum absolute atomic E-state index is 12.0. The Morgan fingerprint density at radius 2 is 2.03 bits per heavy atom. The number of aliphatic hydroxyl groups excluding tert-OH is 1. The Hall–Kier alpha value is -1.41. The van der Waals surface area contributed by atoms with Gasteiger partial charge in [-0.25, -0.2) is 19.3 Å². The standard InChI is InChI=1S/C13H17N5O4P.C5H11FO.Ir/c1-20-10-23(21-5-2-3-14)22-6-4-18-12(8-19)17-11-7-15-9-16-13(11)18;1-4(6)5(2)7-3;/h7,9-10,19H,2,4-6,8H2,1H3;4-5H,1-3H3;/q+1;;. The van der Waals surface area contributed by atoms with Crippen molar-refractivity contribution >= 4 is 25.1 Å². The molecule has 2 aromatic rings. The molecule has 0 saturated carbocycles. The van der Waals surface area contributed by atoms with Crippen LogP contribution in [0.5, 0.6) is 0 Å². The minimum absolute atomic E-state index is 0. The predicted molar refractivity (Wildman–Crippen MR) is 110 cm³/mol. The van der Waals surface area contributed by atoms with Crippen molar-refractivity contribution in [2.24, 2.45) is 0 Å². The molecule has 3 atom stereocenters. The van der Waals surface area contributed by atoms with Gasteiger partial charge in [-0.15, -0.1) is 9.05 Å². The molecule has 10 nitrogen and oxygen atoms in total. The zero-order valence-corrected chi connectivity index (χ0v) is 21.2. The fraction of sp³-hybridized carbons (Fsp3) is 0.611.